The first-order valence-electron chi connectivity index (χ1n) is 5.70. The molecule has 1 atom stereocenters. The molecule has 84 valence electrons. The van der Waals surface area contributed by atoms with Gasteiger partial charge in [0.05, 0.1) is 25.9 Å². The summed E-state index contributed by atoms with van der Waals surface area (Å²) in [6, 6.07) is 0. The summed E-state index contributed by atoms with van der Waals surface area (Å²) in [6.07, 6.45) is 7.71. The first-order valence-corrected chi connectivity index (χ1v) is 5.70. The molecule has 2 aliphatic heterocycles. The summed E-state index contributed by atoms with van der Waals surface area (Å²) >= 11 is 0. The SMILES string of the molecule is CCN1CC=CC=C1CC1COCCO1. The zero-order valence-electron chi connectivity index (χ0n) is 9.32. The fourth-order valence-corrected chi connectivity index (χ4v) is 2.01. The van der Waals surface area contributed by atoms with Gasteiger partial charge < -0.3 is 14.4 Å². The molecule has 2 heterocycles. The molecule has 2 rings (SSSR count). The highest BCUT2D eigenvalue weighted by Crippen LogP contribution is 2.18. The Kier molecular flexibility index (Phi) is 3.80. The topological polar surface area (TPSA) is 21.7 Å². The predicted octanol–water partition coefficient (Wildman–Crippen LogP) is 1.57. The lowest BCUT2D eigenvalue weighted by Crippen LogP contribution is -2.33. The smallest absolute Gasteiger partial charge is 0.0864 e. The molecule has 0 spiro atoms. The van der Waals surface area contributed by atoms with Crippen LogP contribution in [0.3, 0.4) is 0 Å². The van der Waals surface area contributed by atoms with E-state index in [2.05, 4.69) is 30.1 Å². The van der Waals surface area contributed by atoms with Gasteiger partial charge in [-0.1, -0.05) is 12.2 Å². The molecule has 0 saturated carbocycles. The van der Waals surface area contributed by atoms with Gasteiger partial charge in [0.25, 0.3) is 0 Å². The predicted molar refractivity (Wildman–Crippen MR) is 59.6 cm³/mol. The Morgan fingerprint density at radius 3 is 3.13 bits per heavy atom. The Labute approximate surface area is 91.3 Å². The average Bonchev–Trinajstić information content (AvgIpc) is 2.31. The standard InChI is InChI=1S/C12H19NO2/c1-2-13-6-4-3-5-11(13)9-12-10-14-7-8-15-12/h3-5,12H,2,6-10H2,1H3. The zero-order valence-corrected chi connectivity index (χ0v) is 9.32. The van der Waals surface area contributed by atoms with Gasteiger partial charge in [-0.25, -0.2) is 0 Å². The van der Waals surface area contributed by atoms with Gasteiger partial charge >= 0.3 is 0 Å². The van der Waals surface area contributed by atoms with Gasteiger partial charge in [0.2, 0.25) is 0 Å². The van der Waals surface area contributed by atoms with Gasteiger partial charge in [-0.2, -0.15) is 0 Å². The molecule has 0 radical (unpaired) electrons. The molecule has 15 heavy (non-hydrogen) atoms. The van der Waals surface area contributed by atoms with Crippen LogP contribution < -0.4 is 0 Å². The Hall–Kier alpha value is -0.800. The van der Waals surface area contributed by atoms with E-state index in [1.807, 2.05) is 0 Å². The largest absolute Gasteiger partial charge is 0.376 e. The summed E-state index contributed by atoms with van der Waals surface area (Å²) in [5, 5.41) is 0. The zero-order chi connectivity index (χ0) is 10.5. The summed E-state index contributed by atoms with van der Waals surface area (Å²) in [7, 11) is 0. The van der Waals surface area contributed by atoms with Crippen molar-refractivity contribution in [2.45, 2.75) is 19.4 Å². The Bertz CT molecular complexity index is 254. The van der Waals surface area contributed by atoms with Crippen LogP contribution in [0.4, 0.5) is 0 Å². The van der Waals surface area contributed by atoms with E-state index in [-0.39, 0.29) is 6.10 Å². The number of rotatable bonds is 3. The Balaban J connectivity index is 1.90. The summed E-state index contributed by atoms with van der Waals surface area (Å²) in [5.41, 5.74) is 1.37. The van der Waals surface area contributed by atoms with Crippen LogP contribution in [-0.4, -0.2) is 43.9 Å². The van der Waals surface area contributed by atoms with Crippen molar-refractivity contribution in [2.24, 2.45) is 0 Å². The van der Waals surface area contributed by atoms with Crippen molar-refractivity contribution in [1.29, 1.82) is 0 Å². The fourth-order valence-electron chi connectivity index (χ4n) is 2.01. The van der Waals surface area contributed by atoms with Gasteiger partial charge in [0, 0.05) is 25.2 Å². The molecule has 1 unspecified atom stereocenters. The van der Waals surface area contributed by atoms with Crippen LogP contribution >= 0.6 is 0 Å². The van der Waals surface area contributed by atoms with E-state index in [9.17, 15) is 0 Å². The highest BCUT2D eigenvalue weighted by molar-refractivity contribution is 5.18. The van der Waals surface area contributed by atoms with Gasteiger partial charge in [-0.15, -0.1) is 0 Å². The number of likely N-dealkylation sites (N-methyl/N-ethyl adjacent to an activating group) is 1. The molecule has 0 aromatic carbocycles. The van der Waals surface area contributed by atoms with Crippen LogP contribution in [-0.2, 0) is 9.47 Å². The third kappa shape index (κ3) is 2.83. The molecule has 1 fully saturated rings. The first kappa shape index (κ1) is 10.7. The molecule has 2 aliphatic rings. The highest BCUT2D eigenvalue weighted by atomic mass is 16.6. The summed E-state index contributed by atoms with van der Waals surface area (Å²) in [5.74, 6) is 0. The molecular formula is C12H19NO2. The van der Waals surface area contributed by atoms with Crippen molar-refractivity contribution in [3.63, 3.8) is 0 Å². The van der Waals surface area contributed by atoms with Crippen LogP contribution in [0.5, 0.6) is 0 Å². The minimum atomic E-state index is 0.241. The number of allylic oxidation sites excluding steroid dienone is 2. The lowest BCUT2D eigenvalue weighted by Gasteiger charge is -2.31. The monoisotopic (exact) mass is 209 g/mol. The van der Waals surface area contributed by atoms with Crippen molar-refractivity contribution in [2.75, 3.05) is 32.9 Å². The summed E-state index contributed by atoms with van der Waals surface area (Å²) in [6.45, 7) is 6.48. The molecule has 0 aromatic rings. The average molecular weight is 209 g/mol. The first-order chi connectivity index (χ1) is 7.40. The van der Waals surface area contributed by atoms with E-state index in [4.69, 9.17) is 9.47 Å². The van der Waals surface area contributed by atoms with E-state index < -0.39 is 0 Å². The minimum Gasteiger partial charge on any atom is -0.376 e. The maximum atomic E-state index is 5.66. The van der Waals surface area contributed by atoms with Crippen molar-refractivity contribution in [3.8, 4) is 0 Å². The summed E-state index contributed by atoms with van der Waals surface area (Å²) in [4.78, 5) is 2.37. The molecule has 3 nitrogen and oxygen atoms in total. The van der Waals surface area contributed by atoms with Crippen LogP contribution in [0.25, 0.3) is 0 Å². The molecule has 0 N–H and O–H groups in total. The second-order valence-corrected chi connectivity index (χ2v) is 3.90. The van der Waals surface area contributed by atoms with Gasteiger partial charge in [0.1, 0.15) is 0 Å². The van der Waals surface area contributed by atoms with Gasteiger partial charge in [-0.05, 0) is 13.0 Å². The van der Waals surface area contributed by atoms with Gasteiger partial charge in [0.15, 0.2) is 0 Å². The van der Waals surface area contributed by atoms with Crippen LogP contribution in [0.15, 0.2) is 23.9 Å². The van der Waals surface area contributed by atoms with Crippen molar-refractivity contribution < 1.29 is 9.47 Å². The number of ether oxygens (including phenoxy) is 2. The maximum absolute atomic E-state index is 5.66. The number of hydrogen-bond acceptors (Lipinski definition) is 3. The number of hydrogen-bond donors (Lipinski definition) is 0. The normalized spacial score (nSPS) is 26.6. The summed E-state index contributed by atoms with van der Waals surface area (Å²) < 4.78 is 11.1. The van der Waals surface area contributed by atoms with Gasteiger partial charge in [-0.3, -0.25) is 0 Å². The molecule has 1 saturated heterocycles. The molecule has 3 heteroatoms. The van der Waals surface area contributed by atoms with E-state index in [0.717, 1.165) is 39.3 Å². The Morgan fingerprint density at radius 2 is 2.40 bits per heavy atom. The van der Waals surface area contributed by atoms with E-state index in [1.54, 1.807) is 0 Å². The highest BCUT2D eigenvalue weighted by Gasteiger charge is 2.18. The van der Waals surface area contributed by atoms with Crippen molar-refractivity contribution in [1.82, 2.24) is 4.90 Å². The fraction of sp³-hybridized carbons (Fsp3) is 0.667. The van der Waals surface area contributed by atoms with Crippen molar-refractivity contribution in [3.05, 3.63) is 23.9 Å². The van der Waals surface area contributed by atoms with E-state index in [1.165, 1.54) is 5.70 Å². The molecule has 0 aliphatic carbocycles. The quantitative estimate of drug-likeness (QED) is 0.704. The van der Waals surface area contributed by atoms with Crippen LogP contribution in [0, 0.1) is 0 Å². The third-order valence-electron chi connectivity index (χ3n) is 2.86. The molecule has 0 amide bonds. The van der Waals surface area contributed by atoms with Crippen LogP contribution in [0.1, 0.15) is 13.3 Å². The van der Waals surface area contributed by atoms with E-state index >= 15 is 0 Å². The molecular weight excluding hydrogens is 190 g/mol. The minimum absolute atomic E-state index is 0.241. The second-order valence-electron chi connectivity index (χ2n) is 3.90. The van der Waals surface area contributed by atoms with Crippen molar-refractivity contribution >= 4 is 0 Å². The third-order valence-corrected chi connectivity index (χ3v) is 2.86. The lowest BCUT2D eigenvalue weighted by molar-refractivity contribution is -0.0888. The Morgan fingerprint density at radius 1 is 1.47 bits per heavy atom. The second kappa shape index (κ2) is 5.33. The lowest BCUT2D eigenvalue weighted by atomic mass is 10.1. The number of nitrogens with zero attached hydrogens (tertiary/aromatic N) is 1. The van der Waals surface area contributed by atoms with Crippen LogP contribution in [0.2, 0.25) is 0 Å². The van der Waals surface area contributed by atoms with E-state index in [0.29, 0.717) is 0 Å². The maximum Gasteiger partial charge on any atom is 0.0864 e. The molecule has 0 aromatic heterocycles. The molecule has 0 bridgehead atoms.